The number of H-pyrrole nitrogens is 1. The molecule has 1 amide bonds. The van der Waals surface area contributed by atoms with Crippen molar-refractivity contribution in [2.45, 2.75) is 13.0 Å². The number of nitrogens with one attached hydrogen (secondary N) is 1. The van der Waals surface area contributed by atoms with E-state index in [-0.39, 0.29) is 24.6 Å². The quantitative estimate of drug-likeness (QED) is 0.383. The number of nitrogen functional groups attached to an aromatic ring is 1. The zero-order valence-corrected chi connectivity index (χ0v) is 18.2. The first-order valence-corrected chi connectivity index (χ1v) is 10.3. The number of hydrogen-bond donors (Lipinski definition) is 2. The second-order valence-electron chi connectivity index (χ2n) is 7.29. The van der Waals surface area contributed by atoms with Crippen LogP contribution < -0.4 is 21.9 Å². The van der Waals surface area contributed by atoms with Gasteiger partial charge < -0.3 is 15.4 Å². The third-order valence-corrected chi connectivity index (χ3v) is 4.93. The van der Waals surface area contributed by atoms with Crippen LogP contribution in [0.2, 0.25) is 0 Å². The smallest absolute Gasteiger partial charge is 0.330 e. The van der Waals surface area contributed by atoms with Crippen molar-refractivity contribution in [3.63, 3.8) is 0 Å². The molecule has 0 bridgehead atoms. The summed E-state index contributed by atoms with van der Waals surface area (Å²) >= 11 is 0. The van der Waals surface area contributed by atoms with E-state index in [1.807, 2.05) is 30.3 Å². The number of rotatable bonds is 9. The summed E-state index contributed by atoms with van der Waals surface area (Å²) < 4.78 is 19.7. The average Bonchev–Trinajstić information content (AvgIpc) is 2.80. The third-order valence-electron chi connectivity index (χ3n) is 4.93. The molecule has 0 aliphatic heterocycles. The number of nitrogens with zero attached hydrogens (tertiary/aromatic N) is 2. The molecular formula is C24H25FN4O4. The topological polar surface area (TPSA) is 110 Å². The number of carbonyl (C=O) groups is 1. The first-order valence-electron chi connectivity index (χ1n) is 10.3. The van der Waals surface area contributed by atoms with Crippen LogP contribution in [0.3, 0.4) is 0 Å². The van der Waals surface area contributed by atoms with Gasteiger partial charge >= 0.3 is 5.69 Å². The number of halogens is 1. The van der Waals surface area contributed by atoms with Crippen molar-refractivity contribution in [2.24, 2.45) is 0 Å². The highest BCUT2D eigenvalue weighted by Gasteiger charge is 2.23. The van der Waals surface area contributed by atoms with Gasteiger partial charge in [0.25, 0.3) is 11.5 Å². The molecule has 9 heteroatoms. The summed E-state index contributed by atoms with van der Waals surface area (Å²) in [5.41, 5.74) is 5.95. The molecule has 0 saturated carbocycles. The minimum atomic E-state index is -0.772. The standard InChI is InChI=1S/C24H25FN4O4/c1-33-14-6-13-28(20(30)12-11-17-9-5-10-19(25)15-17)21-22(26)29(24(32)27-23(21)31)16-18-7-3-2-4-8-18/h2-5,7-12,15H,6,13-14,16,26H2,1H3,(H,27,31,32). The molecule has 3 rings (SSSR count). The zero-order valence-electron chi connectivity index (χ0n) is 18.2. The number of ether oxygens (including phenoxy) is 1. The summed E-state index contributed by atoms with van der Waals surface area (Å²) in [6.07, 6.45) is 3.10. The van der Waals surface area contributed by atoms with Gasteiger partial charge in [0.2, 0.25) is 0 Å². The summed E-state index contributed by atoms with van der Waals surface area (Å²) in [5, 5.41) is 0. The molecule has 3 N–H and O–H groups in total. The molecule has 0 aliphatic carbocycles. The molecule has 33 heavy (non-hydrogen) atoms. The summed E-state index contributed by atoms with van der Waals surface area (Å²) in [5.74, 6) is -1.11. The van der Waals surface area contributed by atoms with E-state index >= 15 is 0 Å². The molecule has 0 unspecified atom stereocenters. The lowest BCUT2D eigenvalue weighted by molar-refractivity contribution is -0.114. The van der Waals surface area contributed by atoms with Crippen LogP contribution in [0.5, 0.6) is 0 Å². The van der Waals surface area contributed by atoms with E-state index in [1.54, 1.807) is 6.07 Å². The maximum atomic E-state index is 13.5. The Morgan fingerprint density at radius 2 is 1.94 bits per heavy atom. The van der Waals surface area contributed by atoms with Crippen LogP contribution in [0.4, 0.5) is 15.9 Å². The van der Waals surface area contributed by atoms with Gasteiger partial charge in [0.15, 0.2) is 5.69 Å². The van der Waals surface area contributed by atoms with E-state index in [9.17, 15) is 18.8 Å². The molecule has 3 aromatic rings. The molecular weight excluding hydrogens is 427 g/mol. The number of aromatic amines is 1. The highest BCUT2D eigenvalue weighted by molar-refractivity contribution is 6.05. The van der Waals surface area contributed by atoms with Crippen LogP contribution >= 0.6 is 0 Å². The number of methoxy groups -OCH3 is 1. The van der Waals surface area contributed by atoms with Crippen molar-refractivity contribution in [2.75, 3.05) is 30.9 Å². The lowest BCUT2D eigenvalue weighted by atomic mass is 10.2. The van der Waals surface area contributed by atoms with Gasteiger partial charge in [-0.25, -0.2) is 9.18 Å². The van der Waals surface area contributed by atoms with Gasteiger partial charge in [-0.05, 0) is 35.8 Å². The normalized spacial score (nSPS) is 11.1. The second-order valence-corrected chi connectivity index (χ2v) is 7.29. The fraction of sp³-hybridized carbons (Fsp3) is 0.208. The number of anilines is 2. The van der Waals surface area contributed by atoms with Crippen LogP contribution in [-0.4, -0.2) is 35.7 Å². The van der Waals surface area contributed by atoms with Gasteiger partial charge in [0.1, 0.15) is 11.6 Å². The molecule has 0 aliphatic rings. The lowest BCUT2D eigenvalue weighted by Crippen LogP contribution is -2.41. The molecule has 1 aromatic heterocycles. The van der Waals surface area contributed by atoms with Crippen LogP contribution in [0.1, 0.15) is 17.5 Å². The minimum Gasteiger partial charge on any atom is -0.385 e. The van der Waals surface area contributed by atoms with Crippen LogP contribution in [-0.2, 0) is 16.1 Å². The van der Waals surface area contributed by atoms with Gasteiger partial charge in [0.05, 0.1) is 6.54 Å². The van der Waals surface area contributed by atoms with Crippen LogP contribution in [0.15, 0.2) is 70.3 Å². The van der Waals surface area contributed by atoms with E-state index in [0.717, 1.165) is 5.56 Å². The highest BCUT2D eigenvalue weighted by atomic mass is 19.1. The first kappa shape index (κ1) is 23.7. The van der Waals surface area contributed by atoms with E-state index in [2.05, 4.69) is 4.98 Å². The van der Waals surface area contributed by atoms with Crippen molar-refractivity contribution in [1.82, 2.24) is 9.55 Å². The largest absolute Gasteiger partial charge is 0.385 e. The van der Waals surface area contributed by atoms with E-state index in [4.69, 9.17) is 10.5 Å². The summed E-state index contributed by atoms with van der Waals surface area (Å²) in [6, 6.07) is 14.9. The van der Waals surface area contributed by atoms with Gasteiger partial charge in [-0.15, -0.1) is 0 Å². The molecule has 0 radical (unpaired) electrons. The molecule has 1 heterocycles. The monoisotopic (exact) mass is 452 g/mol. The molecule has 0 atom stereocenters. The number of carbonyl (C=O) groups excluding carboxylic acids is 1. The Morgan fingerprint density at radius 3 is 2.64 bits per heavy atom. The number of nitrogens with two attached hydrogens (primary N) is 1. The number of amides is 1. The Bertz CT molecular complexity index is 1250. The Hall–Kier alpha value is -3.98. The van der Waals surface area contributed by atoms with Crippen LogP contribution in [0, 0.1) is 5.82 Å². The molecule has 2 aromatic carbocycles. The summed E-state index contributed by atoms with van der Waals surface area (Å²) in [6.45, 7) is 0.588. The maximum absolute atomic E-state index is 13.5. The van der Waals surface area contributed by atoms with Crippen molar-refractivity contribution in [3.05, 3.63) is 98.5 Å². The van der Waals surface area contributed by atoms with Crippen molar-refractivity contribution in [3.8, 4) is 0 Å². The predicted molar refractivity (Wildman–Crippen MR) is 126 cm³/mol. The van der Waals surface area contributed by atoms with Crippen LogP contribution in [0.25, 0.3) is 6.08 Å². The lowest BCUT2D eigenvalue weighted by Gasteiger charge is -2.23. The first-order chi connectivity index (χ1) is 15.9. The molecule has 172 valence electrons. The average molecular weight is 452 g/mol. The summed E-state index contributed by atoms with van der Waals surface area (Å²) in [4.78, 5) is 41.7. The number of benzene rings is 2. The third kappa shape index (κ3) is 6.05. The molecule has 0 fully saturated rings. The molecule has 0 spiro atoms. The number of aromatic nitrogens is 2. The SMILES string of the molecule is COCCCN(C(=O)C=Cc1cccc(F)c1)c1c(N)n(Cc2ccccc2)c(=O)[nH]c1=O. The Labute approximate surface area is 189 Å². The van der Waals surface area contributed by atoms with Gasteiger partial charge in [-0.3, -0.25) is 19.1 Å². The van der Waals surface area contributed by atoms with Gasteiger partial charge in [0, 0.05) is 26.3 Å². The Balaban J connectivity index is 2.00. The summed E-state index contributed by atoms with van der Waals surface area (Å²) in [7, 11) is 1.53. The molecule has 0 saturated heterocycles. The second kappa shape index (κ2) is 11.1. The zero-order chi connectivity index (χ0) is 23.8. The maximum Gasteiger partial charge on any atom is 0.330 e. The predicted octanol–water partition coefficient (Wildman–Crippen LogP) is 2.39. The van der Waals surface area contributed by atoms with Crippen molar-refractivity contribution >= 4 is 23.5 Å². The minimum absolute atomic E-state index is 0.120. The van der Waals surface area contributed by atoms with Crippen molar-refractivity contribution < 1.29 is 13.9 Å². The number of hydrogen-bond acceptors (Lipinski definition) is 5. The van der Waals surface area contributed by atoms with Gasteiger partial charge in [-0.2, -0.15) is 0 Å². The Morgan fingerprint density at radius 1 is 1.18 bits per heavy atom. The van der Waals surface area contributed by atoms with Gasteiger partial charge in [-0.1, -0.05) is 42.5 Å². The molecule has 8 nitrogen and oxygen atoms in total. The fourth-order valence-electron chi connectivity index (χ4n) is 3.33. The highest BCUT2D eigenvalue weighted by Crippen LogP contribution is 2.19. The van der Waals surface area contributed by atoms with E-state index in [1.165, 1.54) is 46.9 Å². The van der Waals surface area contributed by atoms with Crippen molar-refractivity contribution in [1.29, 1.82) is 0 Å². The Kier molecular flexibility index (Phi) is 7.93. The van der Waals surface area contributed by atoms with E-state index < -0.39 is 23.0 Å². The van der Waals surface area contributed by atoms with E-state index in [0.29, 0.717) is 18.6 Å². The fourth-order valence-corrected chi connectivity index (χ4v) is 3.33.